The van der Waals surface area contributed by atoms with Gasteiger partial charge in [-0.1, -0.05) is 36.7 Å². The lowest BCUT2D eigenvalue weighted by molar-refractivity contribution is -0.118. The van der Waals surface area contributed by atoms with Gasteiger partial charge in [0.2, 0.25) is 0 Å². The van der Waals surface area contributed by atoms with Crippen molar-refractivity contribution in [2.45, 2.75) is 13.3 Å². The summed E-state index contributed by atoms with van der Waals surface area (Å²) in [7, 11) is 1.52. The maximum Gasteiger partial charge on any atom is 0.262 e. The van der Waals surface area contributed by atoms with Crippen LogP contribution in [0.5, 0.6) is 11.5 Å². The number of methoxy groups -OCH3 is 1. The first kappa shape index (κ1) is 22.2. The number of para-hydroxylation sites is 1. The number of hydrogen-bond acceptors (Lipinski definition) is 4. The van der Waals surface area contributed by atoms with Crippen molar-refractivity contribution >= 4 is 34.8 Å². The van der Waals surface area contributed by atoms with Crippen LogP contribution in [0, 0.1) is 0 Å². The smallest absolute Gasteiger partial charge is 0.262 e. The molecule has 3 aromatic rings. The molecule has 0 atom stereocenters. The molecule has 0 saturated carbocycles. The van der Waals surface area contributed by atoms with Crippen molar-refractivity contribution in [3.05, 3.63) is 82.9 Å². The van der Waals surface area contributed by atoms with Crippen LogP contribution in [0.1, 0.15) is 22.8 Å². The highest BCUT2D eigenvalue weighted by molar-refractivity contribution is 6.32. The summed E-state index contributed by atoms with van der Waals surface area (Å²) < 4.78 is 10.6. The first-order valence-electron chi connectivity index (χ1n) is 9.75. The lowest BCUT2D eigenvalue weighted by Crippen LogP contribution is -2.21. The first-order valence-corrected chi connectivity index (χ1v) is 10.1. The fourth-order valence-corrected chi connectivity index (χ4v) is 3.19. The molecule has 6 nitrogen and oxygen atoms in total. The summed E-state index contributed by atoms with van der Waals surface area (Å²) in [6.07, 6.45) is 0.823. The molecule has 7 heteroatoms. The average molecular weight is 439 g/mol. The minimum absolute atomic E-state index is 0.131. The Balaban J connectivity index is 1.54. The predicted octanol–water partition coefficient (Wildman–Crippen LogP) is 5.18. The molecule has 0 aliphatic heterocycles. The average Bonchev–Trinajstić information content (AvgIpc) is 2.78. The second-order valence-corrected chi connectivity index (χ2v) is 7.08. The van der Waals surface area contributed by atoms with Gasteiger partial charge in [-0.3, -0.25) is 9.59 Å². The standard InChI is InChI=1S/C24H23ClN2O4/c1-3-16-6-4-5-7-21(16)27-23(28)15-31-19-11-8-17(9-12-19)24(29)26-18-10-13-22(30-2)20(25)14-18/h4-14H,3,15H2,1-2H3,(H,26,29)(H,27,28). The van der Waals surface area contributed by atoms with Crippen LogP contribution in [-0.2, 0) is 11.2 Å². The zero-order valence-electron chi connectivity index (χ0n) is 17.3. The molecule has 0 aliphatic rings. The van der Waals surface area contributed by atoms with Crippen molar-refractivity contribution in [2.24, 2.45) is 0 Å². The number of aryl methyl sites for hydroxylation is 1. The highest BCUT2D eigenvalue weighted by atomic mass is 35.5. The third-order valence-electron chi connectivity index (χ3n) is 4.57. The Bertz CT molecular complexity index is 1070. The first-order chi connectivity index (χ1) is 15.0. The van der Waals surface area contributed by atoms with Crippen LogP contribution in [0.25, 0.3) is 0 Å². The van der Waals surface area contributed by atoms with E-state index < -0.39 is 0 Å². The molecular weight excluding hydrogens is 416 g/mol. The van der Waals surface area contributed by atoms with Gasteiger partial charge in [0.05, 0.1) is 12.1 Å². The largest absolute Gasteiger partial charge is 0.495 e. The van der Waals surface area contributed by atoms with Crippen LogP contribution < -0.4 is 20.1 Å². The fraction of sp³-hybridized carbons (Fsp3) is 0.167. The Labute approximate surface area is 186 Å². The number of anilines is 2. The maximum absolute atomic E-state index is 12.4. The van der Waals surface area contributed by atoms with Crippen LogP contribution in [0.15, 0.2) is 66.7 Å². The quantitative estimate of drug-likeness (QED) is 0.508. The summed E-state index contributed by atoms with van der Waals surface area (Å²) in [5, 5.41) is 6.03. The number of carbonyl (C=O) groups excluding carboxylic acids is 2. The number of amides is 2. The number of ether oxygens (including phenoxy) is 2. The third-order valence-corrected chi connectivity index (χ3v) is 4.86. The normalized spacial score (nSPS) is 10.3. The van der Waals surface area contributed by atoms with Crippen LogP contribution in [-0.4, -0.2) is 25.5 Å². The molecule has 0 radical (unpaired) electrons. The highest BCUT2D eigenvalue weighted by Crippen LogP contribution is 2.27. The zero-order valence-corrected chi connectivity index (χ0v) is 18.0. The van der Waals surface area contributed by atoms with Crippen molar-refractivity contribution < 1.29 is 19.1 Å². The Morgan fingerprint density at radius 3 is 2.39 bits per heavy atom. The SMILES string of the molecule is CCc1ccccc1NC(=O)COc1ccc(C(=O)Nc2ccc(OC)c(Cl)c2)cc1. The Kier molecular flexibility index (Phi) is 7.51. The summed E-state index contributed by atoms with van der Waals surface area (Å²) >= 11 is 6.08. The van der Waals surface area contributed by atoms with E-state index in [9.17, 15) is 9.59 Å². The van der Waals surface area contributed by atoms with Gasteiger partial charge in [-0.05, 0) is 60.5 Å². The topological polar surface area (TPSA) is 76.7 Å². The molecule has 0 heterocycles. The van der Waals surface area contributed by atoms with Gasteiger partial charge in [-0.25, -0.2) is 0 Å². The van der Waals surface area contributed by atoms with E-state index in [0.717, 1.165) is 17.7 Å². The van der Waals surface area contributed by atoms with Gasteiger partial charge in [0.25, 0.3) is 11.8 Å². The van der Waals surface area contributed by atoms with Gasteiger partial charge < -0.3 is 20.1 Å². The van der Waals surface area contributed by atoms with E-state index in [-0.39, 0.29) is 18.4 Å². The van der Waals surface area contributed by atoms with Gasteiger partial charge in [-0.15, -0.1) is 0 Å². The van der Waals surface area contributed by atoms with Crippen molar-refractivity contribution in [1.29, 1.82) is 0 Å². The van der Waals surface area contributed by atoms with Gasteiger partial charge in [0.15, 0.2) is 6.61 Å². The molecule has 3 rings (SSSR count). The second-order valence-electron chi connectivity index (χ2n) is 6.68. The Morgan fingerprint density at radius 1 is 0.968 bits per heavy atom. The van der Waals surface area contributed by atoms with Gasteiger partial charge in [-0.2, -0.15) is 0 Å². The summed E-state index contributed by atoms with van der Waals surface area (Å²) in [6.45, 7) is 1.90. The van der Waals surface area contributed by atoms with Gasteiger partial charge in [0, 0.05) is 16.9 Å². The molecule has 31 heavy (non-hydrogen) atoms. The van der Waals surface area contributed by atoms with Crippen LogP contribution >= 0.6 is 11.6 Å². The summed E-state index contributed by atoms with van der Waals surface area (Å²) in [6, 6.07) is 19.2. The van der Waals surface area contributed by atoms with E-state index >= 15 is 0 Å². The number of hydrogen-bond donors (Lipinski definition) is 2. The minimum atomic E-state index is -0.290. The number of nitrogens with one attached hydrogen (secondary N) is 2. The minimum Gasteiger partial charge on any atom is -0.495 e. The van der Waals surface area contributed by atoms with Gasteiger partial charge in [0.1, 0.15) is 11.5 Å². The van der Waals surface area contributed by atoms with Crippen molar-refractivity contribution in [3.8, 4) is 11.5 Å². The molecular formula is C24H23ClN2O4. The number of halogens is 1. The van der Waals surface area contributed by atoms with Crippen molar-refractivity contribution in [2.75, 3.05) is 24.4 Å². The summed E-state index contributed by atoms with van der Waals surface area (Å²) in [4.78, 5) is 24.6. The van der Waals surface area contributed by atoms with Crippen LogP contribution in [0.3, 0.4) is 0 Å². The molecule has 0 spiro atoms. The number of rotatable bonds is 8. The lowest BCUT2D eigenvalue weighted by Gasteiger charge is -2.11. The monoisotopic (exact) mass is 438 g/mol. The van der Waals surface area contributed by atoms with E-state index in [4.69, 9.17) is 21.1 Å². The van der Waals surface area contributed by atoms with Gasteiger partial charge >= 0.3 is 0 Å². The molecule has 3 aromatic carbocycles. The lowest BCUT2D eigenvalue weighted by atomic mass is 10.1. The maximum atomic E-state index is 12.4. The number of benzene rings is 3. The molecule has 0 aliphatic carbocycles. The zero-order chi connectivity index (χ0) is 22.2. The second kappa shape index (κ2) is 10.5. The van der Waals surface area contributed by atoms with E-state index in [2.05, 4.69) is 10.6 Å². The Hall–Kier alpha value is -3.51. The fourth-order valence-electron chi connectivity index (χ4n) is 2.94. The summed E-state index contributed by atoms with van der Waals surface area (Å²) in [5.74, 6) is 0.479. The molecule has 0 bridgehead atoms. The summed E-state index contributed by atoms with van der Waals surface area (Å²) in [5.41, 5.74) is 2.84. The van der Waals surface area contributed by atoms with Crippen molar-refractivity contribution in [3.63, 3.8) is 0 Å². The predicted molar refractivity (Wildman–Crippen MR) is 122 cm³/mol. The number of carbonyl (C=O) groups is 2. The third kappa shape index (κ3) is 5.99. The Morgan fingerprint density at radius 2 is 1.71 bits per heavy atom. The van der Waals surface area contributed by atoms with Crippen LogP contribution in [0.2, 0.25) is 5.02 Å². The van der Waals surface area contributed by atoms with Crippen LogP contribution in [0.4, 0.5) is 11.4 Å². The van der Waals surface area contributed by atoms with E-state index in [1.54, 1.807) is 42.5 Å². The molecule has 0 aromatic heterocycles. The van der Waals surface area contributed by atoms with E-state index in [1.807, 2.05) is 31.2 Å². The molecule has 0 unspecified atom stereocenters. The highest BCUT2D eigenvalue weighted by Gasteiger charge is 2.10. The van der Waals surface area contributed by atoms with E-state index in [0.29, 0.717) is 27.8 Å². The van der Waals surface area contributed by atoms with Crippen molar-refractivity contribution in [1.82, 2.24) is 0 Å². The molecule has 160 valence electrons. The molecule has 0 saturated heterocycles. The molecule has 2 N–H and O–H groups in total. The molecule has 0 fully saturated rings. The van der Waals surface area contributed by atoms with E-state index in [1.165, 1.54) is 7.11 Å². The molecule has 2 amide bonds.